The molecule has 1 aromatic heterocycles. The summed E-state index contributed by atoms with van der Waals surface area (Å²) in [6.45, 7) is 0.494. The number of ether oxygens (including phenoxy) is 2. The summed E-state index contributed by atoms with van der Waals surface area (Å²) in [6, 6.07) is 1.92. The summed E-state index contributed by atoms with van der Waals surface area (Å²) in [5.74, 6) is -2.27. The van der Waals surface area contributed by atoms with Crippen LogP contribution in [0.3, 0.4) is 0 Å². The molecule has 0 saturated carbocycles. The fourth-order valence-corrected chi connectivity index (χ4v) is 4.32. The molecule has 10 heteroatoms. The number of rotatable bonds is 6. The van der Waals surface area contributed by atoms with Gasteiger partial charge in [-0.15, -0.1) is 0 Å². The molecule has 1 aliphatic heterocycles. The monoisotopic (exact) mass is 401 g/mol. The lowest BCUT2D eigenvalue weighted by Crippen LogP contribution is -2.32. The van der Waals surface area contributed by atoms with Gasteiger partial charge in [-0.05, 0) is 12.1 Å². The lowest BCUT2D eigenvalue weighted by Gasteiger charge is -2.23. The first kappa shape index (κ1) is 19.7. The molecule has 0 N–H and O–H groups in total. The molecule has 1 saturated heterocycles. The van der Waals surface area contributed by atoms with Gasteiger partial charge in [0, 0.05) is 32.4 Å². The molecule has 2 atom stereocenters. The molecule has 0 spiro atoms. The van der Waals surface area contributed by atoms with E-state index in [-0.39, 0.29) is 48.1 Å². The van der Waals surface area contributed by atoms with Crippen LogP contribution in [0, 0.1) is 17.6 Å². The molecule has 0 radical (unpaired) electrons. The standard InChI is InChI=1S/C17H21F2N3O4S/c1-21(2)27(23,24)10-11-8-26-9-13(11)22-7-6-20-17(22)15-14(25-3)5-4-12(18)16(15)19/h4-7,11,13H,8-10H2,1-3H3/t11-,13+/m0/s1. The average Bonchev–Trinajstić information content (AvgIpc) is 3.25. The number of nitrogens with zero attached hydrogens (tertiary/aromatic N) is 3. The zero-order valence-electron chi connectivity index (χ0n) is 15.2. The highest BCUT2D eigenvalue weighted by Gasteiger charge is 2.36. The zero-order valence-corrected chi connectivity index (χ0v) is 16.0. The third-order valence-electron chi connectivity index (χ3n) is 4.67. The van der Waals surface area contributed by atoms with Crippen LogP contribution in [0.5, 0.6) is 5.75 Å². The van der Waals surface area contributed by atoms with Crippen molar-refractivity contribution in [2.75, 3.05) is 40.2 Å². The molecule has 1 aromatic carbocycles. The number of imidazole rings is 1. The van der Waals surface area contributed by atoms with Crippen LogP contribution in [0.1, 0.15) is 6.04 Å². The Hall–Kier alpha value is -2.04. The molecule has 0 unspecified atom stereocenters. The Kier molecular flexibility index (Phi) is 5.50. The molecular weight excluding hydrogens is 380 g/mol. The van der Waals surface area contributed by atoms with Crippen molar-refractivity contribution in [2.45, 2.75) is 6.04 Å². The van der Waals surface area contributed by atoms with E-state index >= 15 is 0 Å². The van der Waals surface area contributed by atoms with Gasteiger partial charge >= 0.3 is 0 Å². The van der Waals surface area contributed by atoms with Crippen LogP contribution in [0.25, 0.3) is 11.4 Å². The number of benzene rings is 1. The number of hydrogen-bond donors (Lipinski definition) is 0. The highest BCUT2D eigenvalue weighted by atomic mass is 32.2. The van der Waals surface area contributed by atoms with Crippen molar-refractivity contribution < 1.29 is 26.7 Å². The van der Waals surface area contributed by atoms with Crippen molar-refractivity contribution in [2.24, 2.45) is 5.92 Å². The number of halogens is 2. The maximum atomic E-state index is 14.5. The predicted molar refractivity (Wildman–Crippen MR) is 95.0 cm³/mol. The van der Waals surface area contributed by atoms with Gasteiger partial charge in [-0.1, -0.05) is 0 Å². The minimum absolute atomic E-state index is 0.108. The highest BCUT2D eigenvalue weighted by molar-refractivity contribution is 7.89. The summed E-state index contributed by atoms with van der Waals surface area (Å²) >= 11 is 0. The highest BCUT2D eigenvalue weighted by Crippen LogP contribution is 2.37. The van der Waals surface area contributed by atoms with Crippen LogP contribution in [0.4, 0.5) is 8.78 Å². The van der Waals surface area contributed by atoms with E-state index in [9.17, 15) is 17.2 Å². The Morgan fingerprint density at radius 3 is 2.74 bits per heavy atom. The first-order valence-electron chi connectivity index (χ1n) is 8.29. The Bertz CT molecular complexity index is 930. The van der Waals surface area contributed by atoms with Crippen LogP contribution in [-0.2, 0) is 14.8 Å². The van der Waals surface area contributed by atoms with Gasteiger partial charge in [0.1, 0.15) is 11.6 Å². The van der Waals surface area contributed by atoms with Crippen molar-refractivity contribution in [1.29, 1.82) is 0 Å². The molecule has 2 heterocycles. The molecular formula is C17H21F2N3O4S. The van der Waals surface area contributed by atoms with Gasteiger partial charge in [-0.2, -0.15) is 0 Å². The van der Waals surface area contributed by atoms with E-state index in [0.717, 1.165) is 10.4 Å². The second kappa shape index (κ2) is 7.53. The number of sulfonamides is 1. The number of methoxy groups -OCH3 is 1. The largest absolute Gasteiger partial charge is 0.496 e. The van der Waals surface area contributed by atoms with E-state index in [1.807, 2.05) is 0 Å². The van der Waals surface area contributed by atoms with Crippen molar-refractivity contribution in [1.82, 2.24) is 13.9 Å². The maximum absolute atomic E-state index is 14.5. The lowest BCUT2D eigenvalue weighted by molar-refractivity contribution is 0.182. The van der Waals surface area contributed by atoms with Crippen LogP contribution in [-0.4, -0.2) is 62.4 Å². The van der Waals surface area contributed by atoms with E-state index in [0.29, 0.717) is 0 Å². The van der Waals surface area contributed by atoms with Gasteiger partial charge in [0.05, 0.1) is 37.7 Å². The Morgan fingerprint density at radius 2 is 2.07 bits per heavy atom. The van der Waals surface area contributed by atoms with Gasteiger partial charge in [-0.3, -0.25) is 0 Å². The van der Waals surface area contributed by atoms with Crippen molar-refractivity contribution in [3.05, 3.63) is 36.2 Å². The molecule has 7 nitrogen and oxygen atoms in total. The summed E-state index contributed by atoms with van der Waals surface area (Å²) < 4.78 is 66.3. The Balaban J connectivity index is 2.02. The number of aromatic nitrogens is 2. The molecule has 27 heavy (non-hydrogen) atoms. The molecule has 2 aromatic rings. The Labute approximate surface area is 156 Å². The molecule has 1 aliphatic rings. The van der Waals surface area contributed by atoms with Gasteiger partial charge in [0.2, 0.25) is 10.0 Å². The summed E-state index contributed by atoms with van der Waals surface area (Å²) in [4.78, 5) is 4.17. The normalized spacial score (nSPS) is 20.4. The summed E-state index contributed by atoms with van der Waals surface area (Å²) in [7, 11) is 0.842. The van der Waals surface area contributed by atoms with Crippen molar-refractivity contribution in [3.63, 3.8) is 0 Å². The minimum atomic E-state index is -3.45. The summed E-state index contributed by atoms with van der Waals surface area (Å²) in [5, 5.41) is 0. The molecule has 0 aliphatic carbocycles. The van der Waals surface area contributed by atoms with Crippen LogP contribution < -0.4 is 4.74 Å². The molecule has 1 fully saturated rings. The van der Waals surface area contributed by atoms with E-state index in [1.165, 1.54) is 33.5 Å². The van der Waals surface area contributed by atoms with Gasteiger partial charge in [-0.25, -0.2) is 26.5 Å². The van der Waals surface area contributed by atoms with E-state index in [1.54, 1.807) is 10.8 Å². The first-order valence-corrected chi connectivity index (χ1v) is 9.90. The zero-order chi connectivity index (χ0) is 19.8. The second-order valence-corrected chi connectivity index (χ2v) is 8.75. The third kappa shape index (κ3) is 3.69. The summed E-state index contributed by atoms with van der Waals surface area (Å²) in [6.07, 6.45) is 3.06. The fourth-order valence-electron chi connectivity index (χ4n) is 3.16. The van der Waals surface area contributed by atoms with Gasteiger partial charge in [0.25, 0.3) is 0 Å². The molecule has 0 bridgehead atoms. The number of hydrogen-bond acceptors (Lipinski definition) is 5. The van der Waals surface area contributed by atoms with Crippen LogP contribution in [0.15, 0.2) is 24.5 Å². The van der Waals surface area contributed by atoms with E-state index < -0.39 is 21.7 Å². The molecule has 3 rings (SSSR count). The average molecular weight is 401 g/mol. The van der Waals surface area contributed by atoms with Crippen molar-refractivity contribution in [3.8, 4) is 17.1 Å². The first-order chi connectivity index (χ1) is 12.8. The van der Waals surface area contributed by atoms with Gasteiger partial charge in [0.15, 0.2) is 11.6 Å². The van der Waals surface area contributed by atoms with Crippen LogP contribution in [0.2, 0.25) is 0 Å². The lowest BCUT2D eigenvalue weighted by atomic mass is 10.0. The van der Waals surface area contributed by atoms with Crippen LogP contribution >= 0.6 is 0 Å². The fraction of sp³-hybridized carbons (Fsp3) is 0.471. The summed E-state index contributed by atoms with van der Waals surface area (Å²) in [5.41, 5.74) is -0.108. The van der Waals surface area contributed by atoms with Gasteiger partial charge < -0.3 is 14.0 Å². The molecule has 0 amide bonds. The second-order valence-electron chi connectivity index (χ2n) is 6.52. The smallest absolute Gasteiger partial charge is 0.214 e. The third-order valence-corrected chi connectivity index (χ3v) is 6.63. The van der Waals surface area contributed by atoms with E-state index in [4.69, 9.17) is 9.47 Å². The van der Waals surface area contributed by atoms with E-state index in [2.05, 4.69) is 4.98 Å². The maximum Gasteiger partial charge on any atom is 0.214 e. The molecule has 148 valence electrons. The SMILES string of the molecule is COc1ccc(F)c(F)c1-c1nccn1[C@@H]1COC[C@H]1CS(=O)(=O)N(C)C. The minimum Gasteiger partial charge on any atom is -0.496 e. The quantitative estimate of drug-likeness (QED) is 0.739. The predicted octanol–water partition coefficient (Wildman–Crippen LogP) is 1.92. The topological polar surface area (TPSA) is 73.7 Å². The van der Waals surface area contributed by atoms with Crippen molar-refractivity contribution >= 4 is 10.0 Å². The Morgan fingerprint density at radius 1 is 1.33 bits per heavy atom.